The molecule has 0 aliphatic rings. The van der Waals surface area contributed by atoms with Gasteiger partial charge in [-0.05, 0) is 37.1 Å². The average molecular weight is 383 g/mol. The van der Waals surface area contributed by atoms with Crippen LogP contribution in [0.5, 0.6) is 0 Å². The van der Waals surface area contributed by atoms with E-state index in [4.69, 9.17) is 0 Å². The van der Waals surface area contributed by atoms with Gasteiger partial charge in [-0.2, -0.15) is 0 Å². The number of H-pyrrole nitrogens is 1. The number of benzene rings is 1. The van der Waals surface area contributed by atoms with E-state index < -0.39 is 11.7 Å². The third-order valence-corrected chi connectivity index (χ3v) is 4.21. The number of carbonyl (C=O) groups is 2. The second kappa shape index (κ2) is 9.59. The molecule has 3 aromatic rings. The molecule has 2 aromatic heterocycles. The molecule has 2 heterocycles. The second-order valence-corrected chi connectivity index (χ2v) is 6.39. The molecule has 7 nitrogen and oxygen atoms in total. The van der Waals surface area contributed by atoms with Crippen molar-refractivity contribution in [1.82, 2.24) is 25.6 Å². The predicted octanol–water partition coefficient (Wildman–Crippen LogP) is 2.24. The summed E-state index contributed by atoms with van der Waals surface area (Å²) >= 11 is 0. The monoisotopic (exact) mass is 383 g/mol. The van der Waals surface area contributed by atoms with Crippen LogP contribution in [0, 0.1) is 5.82 Å². The van der Waals surface area contributed by atoms with Gasteiger partial charge in [-0.1, -0.05) is 12.1 Å². The molecule has 28 heavy (non-hydrogen) atoms. The van der Waals surface area contributed by atoms with E-state index in [1.54, 1.807) is 0 Å². The van der Waals surface area contributed by atoms with Gasteiger partial charge in [0.2, 0.25) is 11.8 Å². The molecule has 0 aliphatic carbocycles. The van der Waals surface area contributed by atoms with Crippen LogP contribution >= 0.6 is 0 Å². The SMILES string of the molecule is O=C(CC(=O)NCc1ncccc1F)NCCCCc1nc2ccccc2[nH]1. The Balaban J connectivity index is 1.29. The number of pyridine rings is 1. The zero-order chi connectivity index (χ0) is 19.8. The first-order chi connectivity index (χ1) is 13.6. The maximum absolute atomic E-state index is 13.4. The van der Waals surface area contributed by atoms with Crippen molar-refractivity contribution >= 4 is 22.8 Å². The van der Waals surface area contributed by atoms with Gasteiger partial charge in [0.1, 0.15) is 18.1 Å². The number of fused-ring (bicyclic) bond motifs is 1. The predicted molar refractivity (Wildman–Crippen MR) is 103 cm³/mol. The van der Waals surface area contributed by atoms with Crippen molar-refractivity contribution in [3.05, 3.63) is 59.9 Å². The van der Waals surface area contributed by atoms with Crippen molar-refractivity contribution in [2.24, 2.45) is 0 Å². The minimum Gasteiger partial charge on any atom is -0.356 e. The topological polar surface area (TPSA) is 99.8 Å². The summed E-state index contributed by atoms with van der Waals surface area (Å²) in [5.41, 5.74) is 2.10. The van der Waals surface area contributed by atoms with Gasteiger partial charge in [-0.25, -0.2) is 9.37 Å². The highest BCUT2D eigenvalue weighted by Gasteiger charge is 2.10. The highest BCUT2D eigenvalue weighted by atomic mass is 19.1. The van der Waals surface area contributed by atoms with Crippen LogP contribution in [-0.2, 0) is 22.6 Å². The van der Waals surface area contributed by atoms with Crippen LogP contribution in [0.15, 0.2) is 42.6 Å². The number of aromatic amines is 1. The molecule has 0 bridgehead atoms. The Labute approximate surface area is 161 Å². The number of amides is 2. The molecule has 0 aliphatic heterocycles. The van der Waals surface area contributed by atoms with Crippen LogP contribution in [0.3, 0.4) is 0 Å². The van der Waals surface area contributed by atoms with E-state index in [9.17, 15) is 14.0 Å². The molecule has 2 amide bonds. The van der Waals surface area contributed by atoms with Gasteiger partial charge < -0.3 is 15.6 Å². The minimum atomic E-state index is -0.489. The second-order valence-electron chi connectivity index (χ2n) is 6.39. The first-order valence-electron chi connectivity index (χ1n) is 9.18. The molecule has 0 radical (unpaired) electrons. The minimum absolute atomic E-state index is 0.0453. The molecule has 0 spiro atoms. The molecule has 146 valence electrons. The number of hydrogen-bond acceptors (Lipinski definition) is 4. The van der Waals surface area contributed by atoms with Crippen molar-refractivity contribution in [3.8, 4) is 0 Å². The van der Waals surface area contributed by atoms with E-state index >= 15 is 0 Å². The Morgan fingerprint density at radius 1 is 1.04 bits per heavy atom. The maximum Gasteiger partial charge on any atom is 0.229 e. The number of aromatic nitrogens is 3. The Morgan fingerprint density at radius 3 is 2.68 bits per heavy atom. The highest BCUT2D eigenvalue weighted by Crippen LogP contribution is 2.11. The first kappa shape index (κ1) is 19.5. The number of imidazole rings is 1. The molecule has 1 aromatic carbocycles. The Bertz CT molecular complexity index is 923. The zero-order valence-corrected chi connectivity index (χ0v) is 15.4. The van der Waals surface area contributed by atoms with Gasteiger partial charge in [0.25, 0.3) is 0 Å². The standard InChI is InChI=1S/C20H22FN5O2/c21-14-6-5-11-22-17(14)13-24-20(28)12-19(27)23-10-4-3-9-18-25-15-7-1-2-8-16(15)26-18/h1-2,5-8,11H,3-4,9-10,12-13H2,(H,23,27)(H,24,28)(H,25,26). The fourth-order valence-corrected chi connectivity index (χ4v) is 2.77. The molecule has 0 fully saturated rings. The van der Waals surface area contributed by atoms with Crippen molar-refractivity contribution in [2.45, 2.75) is 32.2 Å². The van der Waals surface area contributed by atoms with Crippen molar-refractivity contribution in [3.63, 3.8) is 0 Å². The molecule has 8 heteroatoms. The highest BCUT2D eigenvalue weighted by molar-refractivity contribution is 5.96. The smallest absolute Gasteiger partial charge is 0.229 e. The summed E-state index contributed by atoms with van der Waals surface area (Å²) in [5, 5.41) is 5.21. The van der Waals surface area contributed by atoms with E-state index in [0.717, 1.165) is 36.1 Å². The lowest BCUT2D eigenvalue weighted by atomic mass is 10.2. The van der Waals surface area contributed by atoms with Crippen LogP contribution in [-0.4, -0.2) is 33.3 Å². The van der Waals surface area contributed by atoms with Crippen molar-refractivity contribution in [2.75, 3.05) is 6.54 Å². The number of halogens is 1. The normalized spacial score (nSPS) is 10.8. The lowest BCUT2D eigenvalue weighted by Gasteiger charge is -2.07. The van der Waals surface area contributed by atoms with Crippen molar-refractivity contribution < 1.29 is 14.0 Å². The van der Waals surface area contributed by atoms with E-state index in [1.807, 2.05) is 24.3 Å². The average Bonchev–Trinajstić information content (AvgIpc) is 3.10. The molecule has 3 rings (SSSR count). The fraction of sp³-hybridized carbons (Fsp3) is 0.300. The quantitative estimate of drug-likeness (QED) is 0.390. The molecular formula is C20H22FN5O2. The Morgan fingerprint density at radius 2 is 1.86 bits per heavy atom. The molecular weight excluding hydrogens is 361 g/mol. The number of nitrogens with one attached hydrogen (secondary N) is 3. The summed E-state index contributed by atoms with van der Waals surface area (Å²) in [6, 6.07) is 10.6. The molecule has 0 unspecified atom stereocenters. The van der Waals surface area contributed by atoms with E-state index in [0.29, 0.717) is 6.54 Å². The molecule has 0 saturated carbocycles. The van der Waals surface area contributed by atoms with Gasteiger partial charge in [0.05, 0.1) is 23.3 Å². The van der Waals surface area contributed by atoms with Gasteiger partial charge in [0, 0.05) is 19.2 Å². The van der Waals surface area contributed by atoms with Crippen LogP contribution in [0.25, 0.3) is 11.0 Å². The summed E-state index contributed by atoms with van der Waals surface area (Å²) < 4.78 is 13.4. The van der Waals surface area contributed by atoms with E-state index in [-0.39, 0.29) is 24.6 Å². The summed E-state index contributed by atoms with van der Waals surface area (Å²) in [5.74, 6) is -0.391. The lowest BCUT2D eigenvalue weighted by molar-refractivity contribution is -0.129. The molecule has 0 atom stereocenters. The van der Waals surface area contributed by atoms with Gasteiger partial charge >= 0.3 is 0 Å². The van der Waals surface area contributed by atoms with Gasteiger partial charge in [-0.3, -0.25) is 14.6 Å². The van der Waals surface area contributed by atoms with Gasteiger partial charge in [0.15, 0.2) is 0 Å². The van der Waals surface area contributed by atoms with Gasteiger partial charge in [-0.15, -0.1) is 0 Å². The Kier molecular flexibility index (Phi) is 6.67. The van der Waals surface area contributed by atoms with Crippen LogP contribution in [0.2, 0.25) is 0 Å². The Hall–Kier alpha value is -3.29. The zero-order valence-electron chi connectivity index (χ0n) is 15.4. The number of unbranched alkanes of at least 4 members (excludes halogenated alkanes) is 1. The number of para-hydroxylation sites is 2. The van der Waals surface area contributed by atoms with E-state index in [2.05, 4.69) is 25.6 Å². The maximum atomic E-state index is 13.4. The molecule has 3 N–H and O–H groups in total. The lowest BCUT2D eigenvalue weighted by Crippen LogP contribution is -2.32. The van der Waals surface area contributed by atoms with Crippen LogP contribution in [0.4, 0.5) is 4.39 Å². The van der Waals surface area contributed by atoms with Crippen LogP contribution in [0.1, 0.15) is 30.8 Å². The number of rotatable bonds is 9. The summed E-state index contributed by atoms with van der Waals surface area (Å²) in [7, 11) is 0. The largest absolute Gasteiger partial charge is 0.356 e. The molecule has 0 saturated heterocycles. The third-order valence-electron chi connectivity index (χ3n) is 4.21. The number of nitrogens with zero attached hydrogens (tertiary/aromatic N) is 2. The number of hydrogen-bond donors (Lipinski definition) is 3. The number of carbonyl (C=O) groups excluding carboxylic acids is 2. The first-order valence-corrected chi connectivity index (χ1v) is 9.18. The fourth-order valence-electron chi connectivity index (χ4n) is 2.77. The van der Waals surface area contributed by atoms with Crippen molar-refractivity contribution in [1.29, 1.82) is 0 Å². The third kappa shape index (κ3) is 5.60. The summed E-state index contributed by atoms with van der Waals surface area (Å²) in [6.07, 6.45) is 3.59. The van der Waals surface area contributed by atoms with E-state index in [1.165, 1.54) is 18.3 Å². The summed E-state index contributed by atoms with van der Waals surface area (Å²) in [4.78, 5) is 35.2. The number of aryl methyl sites for hydroxylation is 1. The van der Waals surface area contributed by atoms with Crippen LogP contribution < -0.4 is 10.6 Å². The summed E-state index contributed by atoms with van der Waals surface area (Å²) in [6.45, 7) is 0.442.